The predicted octanol–water partition coefficient (Wildman–Crippen LogP) is 1.40. The molecule has 6 heteroatoms. The first kappa shape index (κ1) is 10.3. The number of hydrogen-bond donors (Lipinski definition) is 2. The zero-order valence-corrected chi connectivity index (χ0v) is 7.67. The molecule has 0 aliphatic rings. The fourth-order valence-corrected chi connectivity index (χ4v) is 1.10. The van der Waals surface area contributed by atoms with Crippen LogP contribution in [0.5, 0.6) is 5.75 Å². The fraction of sp³-hybridized carbons (Fsp3) is 0.375. The Kier molecular flexibility index (Phi) is 3.28. The van der Waals surface area contributed by atoms with Crippen molar-refractivity contribution in [1.82, 2.24) is 4.98 Å². The Bertz CT molecular complexity index is 385. The Balaban J connectivity index is 3.20. The summed E-state index contributed by atoms with van der Waals surface area (Å²) < 4.78 is 0. The molecule has 1 heterocycles. The number of aromatic nitrogens is 1. The summed E-state index contributed by atoms with van der Waals surface area (Å²) in [6, 6.07) is 0. The summed E-state index contributed by atoms with van der Waals surface area (Å²) in [7, 11) is 0. The quantitative estimate of drug-likeness (QED) is 0.431. The van der Waals surface area contributed by atoms with Gasteiger partial charge in [-0.3, -0.25) is 4.98 Å². The molecule has 0 aliphatic carbocycles. The Morgan fingerprint density at radius 1 is 1.64 bits per heavy atom. The third-order valence-corrected chi connectivity index (χ3v) is 1.89. The van der Waals surface area contributed by atoms with E-state index in [-0.39, 0.29) is 18.9 Å². The van der Waals surface area contributed by atoms with Gasteiger partial charge < -0.3 is 10.2 Å². The highest BCUT2D eigenvalue weighted by atomic mass is 16.3. The van der Waals surface area contributed by atoms with Crippen molar-refractivity contribution >= 4 is 0 Å². The van der Waals surface area contributed by atoms with Gasteiger partial charge in [-0.2, -0.15) is 0 Å². The molecule has 1 aromatic heterocycles. The topological polar surface area (TPSA) is 102 Å². The minimum atomic E-state index is -0.239. The summed E-state index contributed by atoms with van der Waals surface area (Å²) in [6.07, 6.45) is 1.46. The minimum absolute atomic E-state index is 0.0155. The standard InChI is InChI=1S/C8H10N4O2/c1-5-8(14)7(3-11-12-9)6(4-13)2-10-5/h2,13-14H,3-4H2,1H3. The lowest BCUT2D eigenvalue weighted by Gasteiger charge is -2.08. The molecule has 0 amide bonds. The van der Waals surface area contributed by atoms with E-state index in [2.05, 4.69) is 15.0 Å². The number of aryl methyl sites for hydroxylation is 1. The van der Waals surface area contributed by atoms with E-state index in [0.717, 1.165) is 0 Å². The van der Waals surface area contributed by atoms with Crippen LogP contribution >= 0.6 is 0 Å². The highest BCUT2D eigenvalue weighted by molar-refractivity contribution is 5.40. The zero-order valence-electron chi connectivity index (χ0n) is 7.67. The number of pyridine rings is 1. The van der Waals surface area contributed by atoms with Crippen molar-refractivity contribution in [2.45, 2.75) is 20.1 Å². The summed E-state index contributed by atoms with van der Waals surface area (Å²) in [5.41, 5.74) is 9.50. The fourth-order valence-electron chi connectivity index (χ4n) is 1.10. The third kappa shape index (κ3) is 1.93. The summed E-state index contributed by atoms with van der Waals surface area (Å²) >= 11 is 0. The van der Waals surface area contributed by atoms with Crippen LogP contribution in [0.1, 0.15) is 16.8 Å². The Morgan fingerprint density at radius 2 is 2.36 bits per heavy atom. The number of nitrogens with zero attached hydrogens (tertiary/aromatic N) is 4. The number of aromatic hydroxyl groups is 1. The van der Waals surface area contributed by atoms with Crippen molar-refractivity contribution < 1.29 is 10.2 Å². The van der Waals surface area contributed by atoms with Crippen LogP contribution in [-0.2, 0) is 13.2 Å². The molecule has 74 valence electrons. The lowest BCUT2D eigenvalue weighted by Crippen LogP contribution is -1.97. The molecule has 14 heavy (non-hydrogen) atoms. The van der Waals surface area contributed by atoms with Crippen LogP contribution in [0, 0.1) is 6.92 Å². The number of aliphatic hydroxyl groups excluding tert-OH is 1. The van der Waals surface area contributed by atoms with Gasteiger partial charge in [-0.05, 0) is 12.5 Å². The van der Waals surface area contributed by atoms with E-state index in [1.165, 1.54) is 6.20 Å². The van der Waals surface area contributed by atoms with Gasteiger partial charge in [0.15, 0.2) is 0 Å². The molecule has 1 rings (SSSR count). The van der Waals surface area contributed by atoms with Gasteiger partial charge in [-0.1, -0.05) is 5.11 Å². The van der Waals surface area contributed by atoms with E-state index in [9.17, 15) is 5.11 Å². The largest absolute Gasteiger partial charge is 0.506 e. The summed E-state index contributed by atoms with van der Waals surface area (Å²) in [6.45, 7) is 1.41. The summed E-state index contributed by atoms with van der Waals surface area (Å²) in [4.78, 5) is 6.46. The van der Waals surface area contributed by atoms with Gasteiger partial charge in [-0.25, -0.2) is 0 Å². The lowest BCUT2D eigenvalue weighted by molar-refractivity contribution is 0.279. The van der Waals surface area contributed by atoms with Gasteiger partial charge in [0.05, 0.1) is 18.8 Å². The molecule has 1 aromatic rings. The molecule has 0 unspecified atom stereocenters. The van der Waals surface area contributed by atoms with Gasteiger partial charge in [0.25, 0.3) is 0 Å². The van der Waals surface area contributed by atoms with Crippen molar-refractivity contribution in [2.75, 3.05) is 0 Å². The van der Waals surface area contributed by atoms with Crippen LogP contribution in [0.25, 0.3) is 10.4 Å². The normalized spacial score (nSPS) is 9.57. The molecule has 0 radical (unpaired) electrons. The summed E-state index contributed by atoms with van der Waals surface area (Å²) in [5, 5.41) is 21.9. The van der Waals surface area contributed by atoms with E-state index in [1.807, 2.05) is 0 Å². The van der Waals surface area contributed by atoms with Crippen LogP contribution in [0.2, 0.25) is 0 Å². The van der Waals surface area contributed by atoms with Gasteiger partial charge in [-0.15, -0.1) is 0 Å². The maximum atomic E-state index is 9.58. The molecule has 0 saturated heterocycles. The SMILES string of the molecule is Cc1ncc(CO)c(CN=[N+]=[N-])c1O. The van der Waals surface area contributed by atoms with E-state index < -0.39 is 0 Å². The molecule has 0 fully saturated rings. The number of aliphatic hydroxyl groups is 1. The second kappa shape index (κ2) is 4.45. The zero-order chi connectivity index (χ0) is 10.6. The third-order valence-electron chi connectivity index (χ3n) is 1.89. The van der Waals surface area contributed by atoms with Crippen LogP contribution in [0.4, 0.5) is 0 Å². The highest BCUT2D eigenvalue weighted by Gasteiger charge is 2.09. The van der Waals surface area contributed by atoms with Gasteiger partial charge in [0.1, 0.15) is 5.75 Å². The number of azide groups is 1. The highest BCUT2D eigenvalue weighted by Crippen LogP contribution is 2.24. The molecule has 2 N–H and O–H groups in total. The van der Waals surface area contributed by atoms with E-state index in [0.29, 0.717) is 16.8 Å². The molecule has 0 saturated carbocycles. The maximum absolute atomic E-state index is 9.58. The molecular formula is C8H10N4O2. The van der Waals surface area contributed by atoms with Crippen molar-refractivity contribution in [3.8, 4) is 5.75 Å². The number of rotatable bonds is 3. The first-order chi connectivity index (χ1) is 6.70. The molecule has 0 spiro atoms. The lowest BCUT2D eigenvalue weighted by atomic mass is 10.1. The Hall–Kier alpha value is -1.78. The molecular weight excluding hydrogens is 184 g/mol. The average Bonchev–Trinajstić information content (AvgIpc) is 2.20. The predicted molar refractivity (Wildman–Crippen MR) is 49.4 cm³/mol. The first-order valence-corrected chi connectivity index (χ1v) is 3.98. The van der Waals surface area contributed by atoms with E-state index in [4.69, 9.17) is 10.6 Å². The van der Waals surface area contributed by atoms with Crippen molar-refractivity contribution in [3.63, 3.8) is 0 Å². The Morgan fingerprint density at radius 3 is 2.93 bits per heavy atom. The maximum Gasteiger partial charge on any atom is 0.140 e. The molecule has 0 bridgehead atoms. The van der Waals surface area contributed by atoms with Crippen LogP contribution in [-0.4, -0.2) is 15.2 Å². The second-order valence-electron chi connectivity index (χ2n) is 2.74. The monoisotopic (exact) mass is 194 g/mol. The van der Waals surface area contributed by atoms with Crippen molar-refractivity contribution in [3.05, 3.63) is 33.5 Å². The van der Waals surface area contributed by atoms with Gasteiger partial charge in [0.2, 0.25) is 0 Å². The van der Waals surface area contributed by atoms with Gasteiger partial charge >= 0.3 is 0 Å². The smallest absolute Gasteiger partial charge is 0.140 e. The van der Waals surface area contributed by atoms with Gasteiger partial charge in [0, 0.05) is 22.2 Å². The van der Waals surface area contributed by atoms with E-state index >= 15 is 0 Å². The second-order valence-corrected chi connectivity index (χ2v) is 2.74. The minimum Gasteiger partial charge on any atom is -0.506 e. The molecule has 0 aromatic carbocycles. The number of hydrogen-bond acceptors (Lipinski definition) is 4. The van der Waals surface area contributed by atoms with Crippen molar-refractivity contribution in [1.29, 1.82) is 0 Å². The van der Waals surface area contributed by atoms with Crippen molar-refractivity contribution in [2.24, 2.45) is 5.11 Å². The van der Waals surface area contributed by atoms with Crippen LogP contribution < -0.4 is 0 Å². The Labute approximate surface area is 80.5 Å². The van der Waals surface area contributed by atoms with E-state index in [1.54, 1.807) is 6.92 Å². The van der Waals surface area contributed by atoms with Crippen LogP contribution in [0.15, 0.2) is 11.3 Å². The molecule has 0 atom stereocenters. The molecule has 0 aliphatic heterocycles. The molecule has 6 nitrogen and oxygen atoms in total. The first-order valence-electron chi connectivity index (χ1n) is 3.98. The average molecular weight is 194 g/mol. The van der Waals surface area contributed by atoms with Crippen LogP contribution in [0.3, 0.4) is 0 Å². The summed E-state index contributed by atoms with van der Waals surface area (Å²) in [5.74, 6) is -0.0241.